The second kappa shape index (κ2) is 5.03. The number of aromatic nitrogens is 2. The molecule has 0 aromatic carbocycles. The van der Waals surface area contributed by atoms with Crippen LogP contribution in [0.15, 0.2) is 16.2 Å². The highest BCUT2D eigenvalue weighted by Crippen LogP contribution is 2.15. The molecule has 19 heavy (non-hydrogen) atoms. The molecule has 2 aromatic heterocycles. The zero-order valence-electron chi connectivity index (χ0n) is 10.9. The van der Waals surface area contributed by atoms with Crippen molar-refractivity contribution >= 4 is 16.3 Å². The summed E-state index contributed by atoms with van der Waals surface area (Å²) in [6.45, 7) is 4.34. The topological polar surface area (TPSA) is 57.8 Å². The van der Waals surface area contributed by atoms with Gasteiger partial charge in [-0.15, -0.1) is 11.3 Å². The molecule has 1 saturated heterocycles. The van der Waals surface area contributed by atoms with Gasteiger partial charge in [-0.3, -0.25) is 14.1 Å². The smallest absolute Gasteiger partial charge is 0.259 e. The first-order chi connectivity index (χ1) is 9.13. The summed E-state index contributed by atoms with van der Waals surface area (Å²) >= 11 is 1.50. The highest BCUT2D eigenvalue weighted by Gasteiger charge is 2.18. The molecule has 2 aromatic rings. The van der Waals surface area contributed by atoms with Crippen LogP contribution in [0.1, 0.15) is 24.2 Å². The van der Waals surface area contributed by atoms with Crippen molar-refractivity contribution in [3.05, 3.63) is 33.2 Å². The summed E-state index contributed by atoms with van der Waals surface area (Å²) < 4.78 is 1.65. The fourth-order valence-electron chi connectivity index (χ4n) is 2.49. The molecule has 6 heteroatoms. The summed E-state index contributed by atoms with van der Waals surface area (Å²) in [5.41, 5.74) is 1.75. The SMILES string of the molecule is Cc1csc2nc(CN3CCC(O)CC3)cc(=O)n12. The van der Waals surface area contributed by atoms with E-state index in [9.17, 15) is 9.90 Å². The molecule has 0 saturated carbocycles. The van der Waals surface area contributed by atoms with Crippen LogP contribution in [0.4, 0.5) is 0 Å². The first kappa shape index (κ1) is 12.8. The zero-order chi connectivity index (χ0) is 13.4. The van der Waals surface area contributed by atoms with Crippen LogP contribution in [-0.2, 0) is 6.54 Å². The summed E-state index contributed by atoms with van der Waals surface area (Å²) in [5.74, 6) is 0. The lowest BCUT2D eigenvalue weighted by Crippen LogP contribution is -2.35. The van der Waals surface area contributed by atoms with Crippen LogP contribution in [0.2, 0.25) is 0 Å². The van der Waals surface area contributed by atoms with Crippen molar-refractivity contribution < 1.29 is 5.11 Å². The lowest BCUT2D eigenvalue weighted by molar-refractivity contribution is 0.0787. The van der Waals surface area contributed by atoms with Gasteiger partial charge in [0.15, 0.2) is 4.96 Å². The molecular formula is C13H17N3O2S. The largest absolute Gasteiger partial charge is 0.393 e. The van der Waals surface area contributed by atoms with Crippen LogP contribution in [-0.4, -0.2) is 38.6 Å². The molecule has 3 heterocycles. The average Bonchev–Trinajstić information content (AvgIpc) is 2.74. The number of piperidine rings is 1. The zero-order valence-corrected chi connectivity index (χ0v) is 11.7. The molecule has 0 amide bonds. The van der Waals surface area contributed by atoms with Crippen molar-refractivity contribution in [2.75, 3.05) is 13.1 Å². The van der Waals surface area contributed by atoms with Gasteiger partial charge in [-0.1, -0.05) is 0 Å². The highest BCUT2D eigenvalue weighted by atomic mass is 32.1. The number of rotatable bonds is 2. The van der Waals surface area contributed by atoms with E-state index in [0.717, 1.165) is 42.3 Å². The summed E-state index contributed by atoms with van der Waals surface area (Å²) in [6.07, 6.45) is 1.44. The number of aryl methyl sites for hydroxylation is 1. The Kier molecular flexibility index (Phi) is 3.38. The van der Waals surface area contributed by atoms with Crippen LogP contribution < -0.4 is 5.56 Å². The Morgan fingerprint density at radius 3 is 2.95 bits per heavy atom. The molecule has 0 spiro atoms. The molecule has 0 radical (unpaired) electrons. The van der Waals surface area contributed by atoms with Crippen molar-refractivity contribution in [3.63, 3.8) is 0 Å². The van der Waals surface area contributed by atoms with E-state index in [2.05, 4.69) is 9.88 Å². The number of aliphatic hydroxyl groups excluding tert-OH is 1. The second-order valence-corrected chi connectivity index (χ2v) is 5.92. The van der Waals surface area contributed by atoms with Crippen molar-refractivity contribution in [1.82, 2.24) is 14.3 Å². The molecule has 1 aliphatic heterocycles. The maximum absolute atomic E-state index is 12.0. The Morgan fingerprint density at radius 1 is 1.47 bits per heavy atom. The molecule has 0 aliphatic carbocycles. The predicted octanol–water partition coefficient (Wildman–Crippen LogP) is 1.02. The van der Waals surface area contributed by atoms with Gasteiger partial charge in [0.2, 0.25) is 0 Å². The van der Waals surface area contributed by atoms with E-state index in [-0.39, 0.29) is 11.7 Å². The van der Waals surface area contributed by atoms with Gasteiger partial charge in [-0.25, -0.2) is 4.98 Å². The number of thiazole rings is 1. The van der Waals surface area contributed by atoms with Gasteiger partial charge in [-0.2, -0.15) is 0 Å². The van der Waals surface area contributed by atoms with E-state index in [0.29, 0.717) is 6.54 Å². The van der Waals surface area contributed by atoms with Crippen LogP contribution in [0.5, 0.6) is 0 Å². The molecule has 1 aliphatic rings. The van der Waals surface area contributed by atoms with Gasteiger partial charge in [-0.05, 0) is 19.8 Å². The molecule has 1 fully saturated rings. The van der Waals surface area contributed by atoms with Crippen LogP contribution in [0.25, 0.3) is 4.96 Å². The molecule has 0 bridgehead atoms. The molecule has 5 nitrogen and oxygen atoms in total. The maximum Gasteiger partial charge on any atom is 0.259 e. The van der Waals surface area contributed by atoms with E-state index in [1.807, 2.05) is 12.3 Å². The monoisotopic (exact) mass is 279 g/mol. The van der Waals surface area contributed by atoms with Crippen molar-refractivity contribution in [2.45, 2.75) is 32.4 Å². The molecular weight excluding hydrogens is 262 g/mol. The van der Waals surface area contributed by atoms with E-state index < -0.39 is 0 Å². The Bertz CT molecular complexity index is 641. The van der Waals surface area contributed by atoms with Crippen molar-refractivity contribution in [3.8, 4) is 0 Å². The number of nitrogens with zero attached hydrogens (tertiary/aromatic N) is 3. The normalized spacial score (nSPS) is 18.2. The molecule has 0 unspecified atom stereocenters. The lowest BCUT2D eigenvalue weighted by atomic mass is 10.1. The van der Waals surface area contributed by atoms with Crippen LogP contribution in [0, 0.1) is 6.92 Å². The third-order valence-electron chi connectivity index (χ3n) is 3.57. The summed E-state index contributed by atoms with van der Waals surface area (Å²) in [7, 11) is 0. The number of hydrogen-bond donors (Lipinski definition) is 1. The predicted molar refractivity (Wildman–Crippen MR) is 74.6 cm³/mol. The minimum atomic E-state index is -0.169. The van der Waals surface area contributed by atoms with Crippen LogP contribution >= 0.6 is 11.3 Å². The Balaban J connectivity index is 1.84. The van der Waals surface area contributed by atoms with Gasteiger partial charge in [0.1, 0.15) is 0 Å². The Hall–Kier alpha value is -1.24. The number of fused-ring (bicyclic) bond motifs is 1. The van der Waals surface area contributed by atoms with Gasteiger partial charge in [0, 0.05) is 36.8 Å². The second-order valence-electron chi connectivity index (χ2n) is 5.09. The number of aliphatic hydroxyl groups is 1. The molecule has 102 valence electrons. The molecule has 1 N–H and O–H groups in total. The Labute approximate surface area is 115 Å². The first-order valence-electron chi connectivity index (χ1n) is 6.50. The first-order valence-corrected chi connectivity index (χ1v) is 7.38. The lowest BCUT2D eigenvalue weighted by Gasteiger charge is -2.28. The summed E-state index contributed by atoms with van der Waals surface area (Å²) in [5, 5.41) is 11.4. The van der Waals surface area contributed by atoms with E-state index >= 15 is 0 Å². The maximum atomic E-state index is 12.0. The molecule has 3 rings (SSSR count). The number of likely N-dealkylation sites (tertiary alicyclic amines) is 1. The highest BCUT2D eigenvalue weighted by molar-refractivity contribution is 7.15. The van der Waals surface area contributed by atoms with Gasteiger partial charge >= 0.3 is 0 Å². The van der Waals surface area contributed by atoms with E-state index in [1.54, 1.807) is 10.5 Å². The van der Waals surface area contributed by atoms with Gasteiger partial charge in [0.25, 0.3) is 5.56 Å². The average molecular weight is 279 g/mol. The van der Waals surface area contributed by atoms with Gasteiger partial charge in [0.05, 0.1) is 11.8 Å². The molecule has 0 atom stereocenters. The minimum Gasteiger partial charge on any atom is -0.393 e. The van der Waals surface area contributed by atoms with E-state index in [1.165, 1.54) is 11.3 Å². The van der Waals surface area contributed by atoms with Crippen LogP contribution in [0.3, 0.4) is 0 Å². The third-order valence-corrected chi connectivity index (χ3v) is 4.51. The fourth-order valence-corrected chi connectivity index (χ4v) is 3.38. The van der Waals surface area contributed by atoms with Crippen molar-refractivity contribution in [2.24, 2.45) is 0 Å². The van der Waals surface area contributed by atoms with E-state index in [4.69, 9.17) is 0 Å². The standard InChI is InChI=1S/C13H17N3O2S/c1-9-8-19-13-14-10(6-12(18)16(9)13)7-15-4-2-11(17)3-5-15/h6,8,11,17H,2-5,7H2,1H3. The quantitative estimate of drug-likeness (QED) is 0.892. The minimum absolute atomic E-state index is 0.00389. The third kappa shape index (κ3) is 2.56. The van der Waals surface area contributed by atoms with Crippen molar-refractivity contribution in [1.29, 1.82) is 0 Å². The van der Waals surface area contributed by atoms with Gasteiger partial charge < -0.3 is 5.11 Å². The summed E-state index contributed by atoms with van der Waals surface area (Å²) in [6, 6.07) is 1.62. The number of hydrogen-bond acceptors (Lipinski definition) is 5. The summed E-state index contributed by atoms with van der Waals surface area (Å²) in [4.78, 5) is 19.6. The fraction of sp³-hybridized carbons (Fsp3) is 0.538. The Morgan fingerprint density at radius 2 is 2.21 bits per heavy atom.